The van der Waals surface area contributed by atoms with Crippen molar-refractivity contribution < 1.29 is 14.3 Å². The van der Waals surface area contributed by atoms with E-state index in [1.54, 1.807) is 4.57 Å². The Labute approximate surface area is 99.0 Å². The Bertz CT molecular complexity index is 504. The third-order valence-electron chi connectivity index (χ3n) is 3.04. The van der Waals surface area contributed by atoms with Crippen molar-refractivity contribution in [2.45, 2.75) is 25.8 Å². The molecule has 0 spiro atoms. The van der Waals surface area contributed by atoms with E-state index in [9.17, 15) is 9.59 Å². The molecule has 2 rings (SSSR count). The SMILES string of the molecule is COC(=O)c1c(OC)cc(=O)n2c1CCCC2. The zero-order valence-corrected chi connectivity index (χ0v) is 9.99. The Morgan fingerprint density at radius 2 is 2.12 bits per heavy atom. The normalized spacial score (nSPS) is 14.0. The zero-order valence-electron chi connectivity index (χ0n) is 9.99. The molecular weight excluding hydrogens is 222 g/mol. The van der Waals surface area contributed by atoms with Crippen LogP contribution in [0.25, 0.3) is 0 Å². The van der Waals surface area contributed by atoms with Crippen LogP contribution in [0.2, 0.25) is 0 Å². The van der Waals surface area contributed by atoms with E-state index in [-0.39, 0.29) is 5.56 Å². The van der Waals surface area contributed by atoms with Gasteiger partial charge in [-0.3, -0.25) is 4.79 Å². The Balaban J connectivity index is 2.69. The van der Waals surface area contributed by atoms with Crippen molar-refractivity contribution in [3.63, 3.8) is 0 Å². The maximum Gasteiger partial charge on any atom is 0.343 e. The van der Waals surface area contributed by atoms with Gasteiger partial charge in [-0.25, -0.2) is 4.79 Å². The number of pyridine rings is 1. The summed E-state index contributed by atoms with van der Waals surface area (Å²) in [5, 5.41) is 0. The lowest BCUT2D eigenvalue weighted by atomic mass is 10.0. The predicted molar refractivity (Wildman–Crippen MR) is 61.5 cm³/mol. The molecule has 0 amide bonds. The van der Waals surface area contributed by atoms with Gasteiger partial charge in [-0.15, -0.1) is 0 Å². The molecule has 17 heavy (non-hydrogen) atoms. The molecule has 1 aromatic rings. The van der Waals surface area contributed by atoms with E-state index in [1.807, 2.05) is 0 Å². The maximum atomic E-state index is 11.8. The van der Waals surface area contributed by atoms with Gasteiger partial charge in [-0.05, 0) is 19.3 Å². The van der Waals surface area contributed by atoms with Crippen molar-refractivity contribution in [1.29, 1.82) is 0 Å². The number of carbonyl (C=O) groups excluding carboxylic acids is 1. The number of aromatic nitrogens is 1. The van der Waals surface area contributed by atoms with Crippen LogP contribution in [0.3, 0.4) is 0 Å². The summed E-state index contributed by atoms with van der Waals surface area (Å²) in [5.41, 5.74) is 0.992. The smallest absolute Gasteiger partial charge is 0.343 e. The van der Waals surface area contributed by atoms with Gasteiger partial charge in [0.2, 0.25) is 0 Å². The van der Waals surface area contributed by atoms with Gasteiger partial charge in [0.25, 0.3) is 5.56 Å². The third kappa shape index (κ3) is 1.92. The molecule has 1 aromatic heterocycles. The number of hydrogen-bond donors (Lipinski definition) is 0. The van der Waals surface area contributed by atoms with Crippen LogP contribution in [0, 0.1) is 0 Å². The number of esters is 1. The highest BCUT2D eigenvalue weighted by molar-refractivity contribution is 5.93. The third-order valence-corrected chi connectivity index (χ3v) is 3.04. The second kappa shape index (κ2) is 4.61. The van der Waals surface area contributed by atoms with Gasteiger partial charge in [-0.2, -0.15) is 0 Å². The van der Waals surface area contributed by atoms with Crippen molar-refractivity contribution in [3.8, 4) is 5.75 Å². The van der Waals surface area contributed by atoms with E-state index in [0.29, 0.717) is 24.3 Å². The summed E-state index contributed by atoms with van der Waals surface area (Å²) in [5.74, 6) is -0.150. The summed E-state index contributed by atoms with van der Waals surface area (Å²) in [4.78, 5) is 23.6. The Morgan fingerprint density at radius 3 is 2.76 bits per heavy atom. The first-order valence-corrected chi connectivity index (χ1v) is 5.58. The number of hydrogen-bond acceptors (Lipinski definition) is 4. The Hall–Kier alpha value is -1.78. The van der Waals surface area contributed by atoms with Crippen LogP contribution in [0.1, 0.15) is 28.9 Å². The van der Waals surface area contributed by atoms with Gasteiger partial charge in [0.15, 0.2) is 0 Å². The van der Waals surface area contributed by atoms with Crippen molar-refractivity contribution in [3.05, 3.63) is 27.7 Å². The number of ether oxygens (including phenoxy) is 2. The van der Waals surface area contributed by atoms with Gasteiger partial charge in [0, 0.05) is 18.3 Å². The molecule has 0 bridgehead atoms. The fourth-order valence-corrected chi connectivity index (χ4v) is 2.22. The Kier molecular flexibility index (Phi) is 3.17. The summed E-state index contributed by atoms with van der Waals surface area (Å²) in [6.45, 7) is 0.655. The largest absolute Gasteiger partial charge is 0.496 e. The second-order valence-electron chi connectivity index (χ2n) is 3.97. The molecule has 0 fully saturated rings. The highest BCUT2D eigenvalue weighted by Gasteiger charge is 2.24. The number of nitrogens with zero attached hydrogens (tertiary/aromatic N) is 1. The molecule has 0 radical (unpaired) electrons. The molecule has 0 saturated carbocycles. The second-order valence-corrected chi connectivity index (χ2v) is 3.97. The maximum absolute atomic E-state index is 11.8. The van der Waals surface area contributed by atoms with Crippen LogP contribution < -0.4 is 10.3 Å². The zero-order chi connectivity index (χ0) is 12.4. The van der Waals surface area contributed by atoms with Crippen LogP contribution in [-0.4, -0.2) is 24.8 Å². The van der Waals surface area contributed by atoms with Gasteiger partial charge < -0.3 is 14.0 Å². The molecule has 0 aromatic carbocycles. The summed E-state index contributed by atoms with van der Waals surface area (Å²) >= 11 is 0. The van der Waals surface area contributed by atoms with Gasteiger partial charge in [0.1, 0.15) is 11.3 Å². The molecule has 0 saturated heterocycles. The fourth-order valence-electron chi connectivity index (χ4n) is 2.22. The van der Waals surface area contributed by atoms with E-state index >= 15 is 0 Å². The van der Waals surface area contributed by atoms with E-state index in [0.717, 1.165) is 18.5 Å². The van der Waals surface area contributed by atoms with Crippen molar-refractivity contribution in [2.24, 2.45) is 0 Å². The molecule has 0 aliphatic carbocycles. The van der Waals surface area contributed by atoms with E-state index < -0.39 is 5.97 Å². The highest BCUT2D eigenvalue weighted by Crippen LogP contribution is 2.25. The lowest BCUT2D eigenvalue weighted by Crippen LogP contribution is -2.29. The summed E-state index contributed by atoms with van der Waals surface area (Å²) in [6.07, 6.45) is 2.63. The van der Waals surface area contributed by atoms with Crippen molar-refractivity contribution >= 4 is 5.97 Å². The van der Waals surface area contributed by atoms with Gasteiger partial charge >= 0.3 is 5.97 Å². The molecule has 0 unspecified atom stereocenters. The number of carbonyl (C=O) groups is 1. The highest BCUT2D eigenvalue weighted by atomic mass is 16.5. The Morgan fingerprint density at radius 1 is 1.35 bits per heavy atom. The molecular formula is C12H15NO4. The lowest BCUT2D eigenvalue weighted by Gasteiger charge is -2.21. The monoisotopic (exact) mass is 237 g/mol. The van der Waals surface area contributed by atoms with Crippen LogP contribution >= 0.6 is 0 Å². The minimum absolute atomic E-state index is 0.121. The molecule has 92 valence electrons. The number of methoxy groups -OCH3 is 2. The molecule has 0 atom stereocenters. The van der Waals surface area contributed by atoms with Crippen molar-refractivity contribution in [1.82, 2.24) is 4.57 Å². The fraction of sp³-hybridized carbons (Fsp3) is 0.500. The first-order chi connectivity index (χ1) is 8.19. The molecule has 1 aliphatic heterocycles. The minimum atomic E-state index is -0.451. The van der Waals surface area contributed by atoms with Crippen LogP contribution in [0.4, 0.5) is 0 Å². The average molecular weight is 237 g/mol. The van der Waals surface area contributed by atoms with Gasteiger partial charge in [-0.1, -0.05) is 0 Å². The number of rotatable bonds is 2. The van der Waals surface area contributed by atoms with Gasteiger partial charge in [0.05, 0.1) is 14.2 Å². The molecule has 5 nitrogen and oxygen atoms in total. The molecule has 2 heterocycles. The summed E-state index contributed by atoms with van der Waals surface area (Å²) < 4.78 is 11.5. The average Bonchev–Trinajstić information content (AvgIpc) is 2.37. The van der Waals surface area contributed by atoms with Crippen LogP contribution in [-0.2, 0) is 17.7 Å². The minimum Gasteiger partial charge on any atom is -0.496 e. The molecule has 5 heteroatoms. The first kappa shape index (κ1) is 11.7. The number of fused-ring (bicyclic) bond motifs is 1. The first-order valence-electron chi connectivity index (χ1n) is 5.58. The summed E-state index contributed by atoms with van der Waals surface area (Å²) in [6, 6.07) is 1.35. The predicted octanol–water partition coefficient (Wildman–Crippen LogP) is 0.980. The van der Waals surface area contributed by atoms with E-state index in [2.05, 4.69) is 0 Å². The van der Waals surface area contributed by atoms with Crippen LogP contribution in [0.5, 0.6) is 5.75 Å². The molecule has 0 N–H and O–H groups in total. The summed E-state index contributed by atoms with van der Waals surface area (Å²) in [7, 11) is 2.77. The van der Waals surface area contributed by atoms with E-state index in [4.69, 9.17) is 9.47 Å². The van der Waals surface area contributed by atoms with Crippen molar-refractivity contribution in [2.75, 3.05) is 14.2 Å². The van der Waals surface area contributed by atoms with Crippen LogP contribution in [0.15, 0.2) is 10.9 Å². The van der Waals surface area contributed by atoms with E-state index in [1.165, 1.54) is 20.3 Å². The topological polar surface area (TPSA) is 57.5 Å². The quantitative estimate of drug-likeness (QED) is 0.719. The lowest BCUT2D eigenvalue weighted by molar-refractivity contribution is 0.0593. The standard InChI is InChI=1S/C12H15NO4/c1-16-9-7-10(14)13-6-4-3-5-8(13)11(9)12(15)17-2/h7H,3-6H2,1-2H3. The molecule has 1 aliphatic rings.